The molecule has 2 fully saturated rings. The van der Waals surface area contributed by atoms with Gasteiger partial charge in [-0.1, -0.05) is 54.6 Å². The molecular weight excluding hydrogens is 410 g/mol. The lowest BCUT2D eigenvalue weighted by molar-refractivity contribution is -0.384. The zero-order valence-electron chi connectivity index (χ0n) is 17.1. The fourth-order valence-electron chi connectivity index (χ4n) is 4.42. The summed E-state index contributed by atoms with van der Waals surface area (Å²) in [4.78, 5) is 44.9. The van der Waals surface area contributed by atoms with Crippen molar-refractivity contribution in [1.82, 2.24) is 0 Å². The van der Waals surface area contributed by atoms with Gasteiger partial charge in [-0.3, -0.25) is 24.5 Å². The van der Waals surface area contributed by atoms with E-state index < -0.39 is 28.9 Å². The lowest BCUT2D eigenvalue weighted by Gasteiger charge is -2.29. The Bertz CT molecular complexity index is 1230. The molecule has 2 amide bonds. The number of rotatable bonds is 4. The summed E-state index contributed by atoms with van der Waals surface area (Å²) in [6.45, 7) is 1.84. The van der Waals surface area contributed by atoms with Gasteiger partial charge in [-0.2, -0.15) is 0 Å². The number of amides is 2. The molecule has 3 aromatic carbocycles. The number of fused-ring (bicyclic) bond motifs is 1. The maximum atomic E-state index is 13.6. The first-order valence-electron chi connectivity index (χ1n) is 10.2. The molecule has 0 unspecified atom stereocenters. The first-order valence-corrected chi connectivity index (χ1v) is 10.2. The summed E-state index contributed by atoms with van der Waals surface area (Å²) in [5.41, 5.74) is 2.43. The van der Waals surface area contributed by atoms with Crippen LogP contribution in [0.3, 0.4) is 0 Å². The van der Waals surface area contributed by atoms with Gasteiger partial charge in [-0.05, 0) is 30.2 Å². The van der Waals surface area contributed by atoms with Crippen LogP contribution in [0.1, 0.15) is 17.2 Å². The van der Waals surface area contributed by atoms with E-state index in [1.54, 1.807) is 24.3 Å². The molecule has 3 atom stereocenters. The summed E-state index contributed by atoms with van der Waals surface area (Å²) in [6, 6.07) is 21.8. The number of aryl methyl sites for hydroxylation is 1. The number of non-ortho nitro benzene ring substituents is 1. The highest BCUT2D eigenvalue weighted by Gasteiger charge is 2.60. The van der Waals surface area contributed by atoms with E-state index in [9.17, 15) is 19.7 Å². The fourth-order valence-corrected chi connectivity index (χ4v) is 4.42. The lowest BCUT2D eigenvalue weighted by Crippen LogP contribution is -2.37. The Morgan fingerprint density at radius 1 is 0.906 bits per heavy atom. The van der Waals surface area contributed by atoms with Gasteiger partial charge in [0.15, 0.2) is 6.10 Å². The van der Waals surface area contributed by atoms with Crippen molar-refractivity contribution < 1.29 is 19.3 Å². The third-order valence-corrected chi connectivity index (χ3v) is 5.91. The first kappa shape index (κ1) is 19.9. The molecule has 0 spiro atoms. The summed E-state index contributed by atoms with van der Waals surface area (Å²) in [6.07, 6.45) is -1.02. The molecule has 0 radical (unpaired) electrons. The van der Waals surface area contributed by atoms with Crippen LogP contribution in [0.25, 0.3) is 0 Å². The topological polar surface area (TPSA) is 93.0 Å². The van der Waals surface area contributed by atoms with Crippen molar-refractivity contribution in [2.75, 3.05) is 9.96 Å². The van der Waals surface area contributed by atoms with E-state index in [1.165, 1.54) is 22.1 Å². The molecule has 2 heterocycles. The van der Waals surface area contributed by atoms with Gasteiger partial charge in [-0.15, -0.1) is 0 Å². The Morgan fingerprint density at radius 3 is 2.34 bits per heavy atom. The Labute approximate surface area is 183 Å². The second-order valence-corrected chi connectivity index (χ2v) is 7.81. The van der Waals surface area contributed by atoms with E-state index in [-0.39, 0.29) is 11.6 Å². The number of benzene rings is 3. The van der Waals surface area contributed by atoms with Crippen LogP contribution in [0.5, 0.6) is 0 Å². The van der Waals surface area contributed by atoms with Gasteiger partial charge in [-0.25, -0.2) is 9.96 Å². The molecule has 0 N–H and O–H groups in total. The van der Waals surface area contributed by atoms with Crippen LogP contribution < -0.4 is 9.96 Å². The van der Waals surface area contributed by atoms with Crippen LogP contribution in [0.4, 0.5) is 17.1 Å². The molecule has 3 aromatic rings. The Hall–Kier alpha value is -4.04. The average Bonchev–Trinajstić information content (AvgIpc) is 3.31. The van der Waals surface area contributed by atoms with Crippen LogP contribution in [-0.2, 0) is 14.4 Å². The van der Waals surface area contributed by atoms with Crippen molar-refractivity contribution in [3.8, 4) is 0 Å². The van der Waals surface area contributed by atoms with Crippen molar-refractivity contribution in [1.29, 1.82) is 0 Å². The molecule has 32 heavy (non-hydrogen) atoms. The maximum Gasteiger partial charge on any atom is 0.271 e. The van der Waals surface area contributed by atoms with Crippen LogP contribution >= 0.6 is 0 Å². The number of para-hydroxylation sites is 1. The number of hydroxylamine groups is 1. The van der Waals surface area contributed by atoms with E-state index in [4.69, 9.17) is 4.84 Å². The minimum Gasteiger partial charge on any atom is -0.273 e. The van der Waals surface area contributed by atoms with Crippen molar-refractivity contribution in [3.05, 3.63) is 100 Å². The Morgan fingerprint density at radius 2 is 1.62 bits per heavy atom. The number of carbonyl (C=O) groups is 2. The van der Waals surface area contributed by atoms with Crippen molar-refractivity contribution in [2.24, 2.45) is 5.92 Å². The molecule has 2 aliphatic rings. The molecule has 2 aliphatic heterocycles. The van der Waals surface area contributed by atoms with E-state index in [0.29, 0.717) is 11.4 Å². The average molecular weight is 429 g/mol. The highest BCUT2D eigenvalue weighted by atomic mass is 16.7. The molecule has 0 saturated carbocycles. The van der Waals surface area contributed by atoms with Crippen molar-refractivity contribution in [3.63, 3.8) is 0 Å². The van der Waals surface area contributed by atoms with E-state index >= 15 is 0 Å². The van der Waals surface area contributed by atoms with Crippen molar-refractivity contribution >= 4 is 28.9 Å². The minimum absolute atomic E-state index is 0.103. The number of carbonyl (C=O) groups excluding carboxylic acids is 2. The van der Waals surface area contributed by atoms with Gasteiger partial charge in [0.2, 0.25) is 5.91 Å². The molecule has 0 bridgehead atoms. The van der Waals surface area contributed by atoms with E-state index in [0.717, 1.165) is 11.1 Å². The third kappa shape index (κ3) is 3.04. The summed E-state index contributed by atoms with van der Waals surface area (Å²) in [5, 5.41) is 12.7. The van der Waals surface area contributed by atoms with Gasteiger partial charge in [0, 0.05) is 12.1 Å². The number of nitro benzene ring substituents is 1. The zero-order chi connectivity index (χ0) is 22.4. The molecule has 0 aliphatic carbocycles. The fraction of sp³-hybridized carbons (Fsp3) is 0.167. The largest absolute Gasteiger partial charge is 0.273 e. The predicted molar refractivity (Wildman–Crippen MR) is 117 cm³/mol. The summed E-state index contributed by atoms with van der Waals surface area (Å²) in [7, 11) is 0. The monoisotopic (exact) mass is 429 g/mol. The molecule has 160 valence electrons. The second-order valence-electron chi connectivity index (χ2n) is 7.81. The van der Waals surface area contributed by atoms with E-state index in [1.807, 2.05) is 49.4 Å². The molecule has 0 aromatic heterocycles. The summed E-state index contributed by atoms with van der Waals surface area (Å²) in [5.74, 6) is -1.58. The quantitative estimate of drug-likeness (QED) is 0.354. The second kappa shape index (κ2) is 7.58. The van der Waals surface area contributed by atoms with Gasteiger partial charge in [0.05, 0.1) is 22.3 Å². The highest BCUT2D eigenvalue weighted by Crippen LogP contribution is 2.48. The molecule has 8 nitrogen and oxygen atoms in total. The Balaban J connectivity index is 1.60. The minimum atomic E-state index is -1.02. The highest BCUT2D eigenvalue weighted by molar-refractivity contribution is 6.24. The summed E-state index contributed by atoms with van der Waals surface area (Å²) >= 11 is 0. The zero-order valence-corrected chi connectivity index (χ0v) is 17.1. The molecule has 2 saturated heterocycles. The summed E-state index contributed by atoms with van der Waals surface area (Å²) < 4.78 is 0. The number of nitro groups is 1. The van der Waals surface area contributed by atoms with Gasteiger partial charge in [0.1, 0.15) is 5.92 Å². The number of nitrogens with zero attached hydrogens (tertiary/aromatic N) is 3. The number of imide groups is 1. The van der Waals surface area contributed by atoms with Gasteiger partial charge < -0.3 is 0 Å². The van der Waals surface area contributed by atoms with E-state index in [2.05, 4.69) is 0 Å². The van der Waals surface area contributed by atoms with Crippen LogP contribution in [0, 0.1) is 23.0 Å². The number of hydrogen-bond donors (Lipinski definition) is 0. The Kier molecular flexibility index (Phi) is 4.71. The standard InChI is InChI=1S/C24H19N3O5/c1-15-8-5-6-13-19(15)25-23(28)20-21(16-9-3-2-4-10-16)26(32-22(20)24(25)29)17-11-7-12-18(14-17)27(30)31/h2-14,20-22H,1H3/t20-,21-,22-/m0/s1. The van der Waals surface area contributed by atoms with Crippen LogP contribution in [-0.4, -0.2) is 22.8 Å². The molecular formula is C24H19N3O5. The van der Waals surface area contributed by atoms with Crippen molar-refractivity contribution in [2.45, 2.75) is 19.1 Å². The van der Waals surface area contributed by atoms with Gasteiger partial charge >= 0.3 is 0 Å². The normalized spacial score (nSPS) is 22.3. The lowest BCUT2D eigenvalue weighted by atomic mass is 9.90. The number of hydrogen-bond acceptors (Lipinski definition) is 6. The SMILES string of the molecule is Cc1ccccc1N1C(=O)[C@@H]2[C@H](ON(c3cccc([N+](=O)[O-])c3)[C@H]2c2ccccc2)C1=O. The van der Waals surface area contributed by atoms with Crippen LogP contribution in [0.2, 0.25) is 0 Å². The molecule has 8 heteroatoms. The third-order valence-electron chi connectivity index (χ3n) is 5.91. The van der Waals surface area contributed by atoms with Gasteiger partial charge in [0.25, 0.3) is 11.6 Å². The number of anilines is 2. The first-order chi connectivity index (χ1) is 15.5. The predicted octanol–water partition coefficient (Wildman–Crippen LogP) is 3.95. The van der Waals surface area contributed by atoms with Crippen LogP contribution in [0.15, 0.2) is 78.9 Å². The smallest absolute Gasteiger partial charge is 0.271 e. The maximum absolute atomic E-state index is 13.6. The molecule has 5 rings (SSSR count).